The van der Waals surface area contributed by atoms with Crippen LogP contribution in [0.2, 0.25) is 23.2 Å². The van der Waals surface area contributed by atoms with E-state index in [0.29, 0.717) is 10.8 Å². The van der Waals surface area contributed by atoms with Crippen molar-refractivity contribution in [3.05, 3.63) is 47.5 Å². The van der Waals surface area contributed by atoms with Crippen LogP contribution in [-0.4, -0.2) is 23.0 Å². The van der Waals surface area contributed by atoms with Crippen LogP contribution in [0.1, 0.15) is 53.2 Å². The monoisotopic (exact) mass is 414 g/mol. The first-order chi connectivity index (χ1) is 11.7. The lowest BCUT2D eigenvalue weighted by atomic mass is 9.97. The Hall–Kier alpha value is -0.423. The second kappa shape index (κ2) is 8.72. The average Bonchev–Trinajstić information content (AvgIpc) is 2.48. The van der Waals surface area contributed by atoms with Crippen LogP contribution in [0.3, 0.4) is 0 Å². The molecule has 0 heterocycles. The van der Waals surface area contributed by atoms with E-state index in [9.17, 15) is 4.21 Å². The standard InChI is InChI=1S/C21H35ClO2SSi/c1-10-16(15-25(23)20(2,3)4)19(17-12-11-13-18(22)14-17)24-26(8,9)21(5,6)7/h10-14,16,19H,1,15H2,2-9H3/t16-,19+,25?/m0/s1. The highest BCUT2D eigenvalue weighted by Gasteiger charge is 2.41. The van der Waals surface area contributed by atoms with E-state index in [1.54, 1.807) is 0 Å². The Bertz CT molecular complexity index is 644. The van der Waals surface area contributed by atoms with E-state index >= 15 is 0 Å². The van der Waals surface area contributed by atoms with Crippen molar-refractivity contribution in [2.24, 2.45) is 5.92 Å². The number of benzene rings is 1. The Labute approximate surface area is 169 Å². The van der Waals surface area contributed by atoms with E-state index in [-0.39, 0.29) is 21.8 Å². The van der Waals surface area contributed by atoms with Gasteiger partial charge in [0.05, 0.1) is 6.10 Å². The van der Waals surface area contributed by atoms with Crippen LogP contribution >= 0.6 is 11.6 Å². The summed E-state index contributed by atoms with van der Waals surface area (Å²) < 4.78 is 19.3. The molecule has 5 heteroatoms. The van der Waals surface area contributed by atoms with Gasteiger partial charge < -0.3 is 4.43 Å². The van der Waals surface area contributed by atoms with Crippen molar-refractivity contribution >= 4 is 30.7 Å². The summed E-state index contributed by atoms with van der Waals surface area (Å²) in [5.74, 6) is 0.487. The molecule has 0 bridgehead atoms. The van der Waals surface area contributed by atoms with Crippen LogP contribution in [0.15, 0.2) is 36.9 Å². The van der Waals surface area contributed by atoms with Crippen molar-refractivity contribution in [1.29, 1.82) is 0 Å². The number of hydrogen-bond donors (Lipinski definition) is 0. The van der Waals surface area contributed by atoms with E-state index in [2.05, 4.69) is 40.4 Å². The largest absolute Gasteiger partial charge is 0.409 e. The molecule has 2 nitrogen and oxygen atoms in total. The molecule has 0 N–H and O–H groups in total. The van der Waals surface area contributed by atoms with Gasteiger partial charge in [0.1, 0.15) is 0 Å². The zero-order chi connectivity index (χ0) is 20.3. The second-order valence-electron chi connectivity index (χ2n) is 9.38. The van der Waals surface area contributed by atoms with Crippen LogP contribution in [0.25, 0.3) is 0 Å². The molecule has 0 aliphatic carbocycles. The van der Waals surface area contributed by atoms with Gasteiger partial charge in [-0.15, -0.1) is 6.58 Å². The Balaban J connectivity index is 3.30. The molecule has 1 rings (SSSR count). The van der Waals surface area contributed by atoms with Crippen LogP contribution < -0.4 is 0 Å². The lowest BCUT2D eigenvalue weighted by molar-refractivity contribution is 0.149. The summed E-state index contributed by atoms with van der Waals surface area (Å²) >= 11 is 6.25. The fraction of sp³-hybridized carbons (Fsp3) is 0.619. The van der Waals surface area contributed by atoms with Crippen molar-refractivity contribution in [3.8, 4) is 0 Å². The maximum atomic E-state index is 12.8. The van der Waals surface area contributed by atoms with Crippen molar-refractivity contribution in [2.75, 3.05) is 5.75 Å². The summed E-state index contributed by atoms with van der Waals surface area (Å²) in [4.78, 5) is 0. The number of rotatable bonds is 7. The molecule has 3 atom stereocenters. The highest BCUT2D eigenvalue weighted by molar-refractivity contribution is 7.86. The van der Waals surface area contributed by atoms with Gasteiger partial charge in [0.15, 0.2) is 8.32 Å². The molecule has 1 aromatic carbocycles. The molecule has 26 heavy (non-hydrogen) atoms. The molecule has 1 aromatic rings. The van der Waals surface area contributed by atoms with Gasteiger partial charge >= 0.3 is 0 Å². The molecule has 0 aromatic heterocycles. The van der Waals surface area contributed by atoms with E-state index in [1.807, 2.05) is 51.1 Å². The SMILES string of the molecule is C=C[C@@H](CS(=O)C(C)(C)C)[C@@H](O[Si](C)(C)C(C)(C)C)c1cccc(Cl)c1. The molecule has 0 aliphatic heterocycles. The predicted octanol–water partition coefficient (Wildman–Crippen LogP) is 6.75. The first-order valence-electron chi connectivity index (χ1n) is 9.13. The van der Waals surface area contributed by atoms with Crippen molar-refractivity contribution < 1.29 is 8.63 Å². The molecule has 1 unspecified atom stereocenters. The van der Waals surface area contributed by atoms with Crippen molar-refractivity contribution in [1.82, 2.24) is 0 Å². The minimum atomic E-state index is -2.03. The Morgan fingerprint density at radius 2 is 1.81 bits per heavy atom. The van der Waals surface area contributed by atoms with Gasteiger partial charge in [-0.2, -0.15) is 0 Å². The van der Waals surface area contributed by atoms with Gasteiger partial charge in [-0.05, 0) is 56.6 Å². The fourth-order valence-electron chi connectivity index (χ4n) is 2.28. The molecular formula is C21H35ClO2SSi. The lowest BCUT2D eigenvalue weighted by Crippen LogP contribution is -2.43. The number of hydrogen-bond acceptors (Lipinski definition) is 2. The van der Waals surface area contributed by atoms with Crippen LogP contribution in [-0.2, 0) is 15.2 Å². The fourth-order valence-corrected chi connectivity index (χ4v) is 4.94. The average molecular weight is 415 g/mol. The molecule has 0 saturated carbocycles. The minimum Gasteiger partial charge on any atom is -0.409 e. The zero-order valence-electron chi connectivity index (χ0n) is 17.6. The van der Waals surface area contributed by atoms with Crippen LogP contribution in [0.5, 0.6) is 0 Å². The van der Waals surface area contributed by atoms with Crippen LogP contribution in [0.4, 0.5) is 0 Å². The molecule has 0 aliphatic rings. The molecule has 0 saturated heterocycles. The van der Waals surface area contributed by atoms with Gasteiger partial charge in [-0.1, -0.05) is 50.6 Å². The highest BCUT2D eigenvalue weighted by atomic mass is 35.5. The molecule has 0 fully saturated rings. The Morgan fingerprint density at radius 3 is 2.23 bits per heavy atom. The minimum absolute atomic E-state index is 0.0392. The number of halogens is 1. The summed E-state index contributed by atoms with van der Waals surface area (Å²) in [6, 6.07) is 7.81. The van der Waals surface area contributed by atoms with Gasteiger partial charge in [-0.3, -0.25) is 4.21 Å². The van der Waals surface area contributed by atoms with Gasteiger partial charge in [0.25, 0.3) is 0 Å². The van der Waals surface area contributed by atoms with E-state index in [1.165, 1.54) is 0 Å². The van der Waals surface area contributed by atoms with Gasteiger partial charge in [0.2, 0.25) is 0 Å². The maximum Gasteiger partial charge on any atom is 0.192 e. The molecule has 0 radical (unpaired) electrons. The van der Waals surface area contributed by atoms with Crippen molar-refractivity contribution in [2.45, 2.75) is 70.5 Å². The predicted molar refractivity (Wildman–Crippen MR) is 119 cm³/mol. The summed E-state index contributed by atoms with van der Waals surface area (Å²) in [6.07, 6.45) is 1.70. The summed E-state index contributed by atoms with van der Waals surface area (Å²) in [7, 11) is -3.02. The molecule has 0 amide bonds. The smallest absolute Gasteiger partial charge is 0.192 e. The third-order valence-electron chi connectivity index (χ3n) is 5.12. The first kappa shape index (κ1) is 23.6. The first-order valence-corrected chi connectivity index (χ1v) is 13.7. The molecule has 148 valence electrons. The van der Waals surface area contributed by atoms with E-state index in [0.717, 1.165) is 5.56 Å². The summed E-state index contributed by atoms with van der Waals surface area (Å²) in [5, 5.41) is 0.768. The van der Waals surface area contributed by atoms with E-state index in [4.69, 9.17) is 16.0 Å². The summed E-state index contributed by atoms with van der Waals surface area (Å²) in [5.41, 5.74) is 1.03. The van der Waals surface area contributed by atoms with Gasteiger partial charge in [-0.25, -0.2) is 0 Å². The maximum absolute atomic E-state index is 12.8. The Kier molecular flexibility index (Phi) is 7.92. The zero-order valence-corrected chi connectivity index (χ0v) is 20.1. The molecular weight excluding hydrogens is 380 g/mol. The second-order valence-corrected chi connectivity index (χ2v) is 16.8. The summed E-state index contributed by atoms with van der Waals surface area (Å²) in [6.45, 7) is 21.2. The topological polar surface area (TPSA) is 26.3 Å². The molecule has 0 spiro atoms. The quantitative estimate of drug-likeness (QED) is 0.364. The Morgan fingerprint density at radius 1 is 1.23 bits per heavy atom. The highest BCUT2D eigenvalue weighted by Crippen LogP contribution is 2.42. The van der Waals surface area contributed by atoms with Crippen molar-refractivity contribution in [3.63, 3.8) is 0 Å². The third kappa shape index (κ3) is 6.33. The lowest BCUT2D eigenvalue weighted by Gasteiger charge is -2.41. The third-order valence-corrected chi connectivity index (χ3v) is 11.9. The van der Waals surface area contributed by atoms with Gasteiger partial charge in [0, 0.05) is 32.2 Å². The van der Waals surface area contributed by atoms with E-state index < -0.39 is 19.1 Å². The van der Waals surface area contributed by atoms with Crippen LogP contribution in [0, 0.1) is 5.92 Å². The normalized spacial score (nSPS) is 16.8.